The van der Waals surface area contributed by atoms with Crippen molar-refractivity contribution in [3.05, 3.63) is 60.4 Å². The summed E-state index contributed by atoms with van der Waals surface area (Å²) in [6.45, 7) is 3.87. The molecule has 1 N–H and O–H groups in total. The third kappa shape index (κ3) is 6.39. The molecule has 1 unspecified atom stereocenters. The Kier molecular flexibility index (Phi) is 7.78. The minimum absolute atomic E-state index is 0.124. The maximum Gasteiger partial charge on any atom is 0.263 e. The molecule has 0 radical (unpaired) electrons. The van der Waals surface area contributed by atoms with Crippen molar-refractivity contribution in [2.75, 3.05) is 39.5 Å². The van der Waals surface area contributed by atoms with E-state index in [2.05, 4.69) is 29.3 Å². The van der Waals surface area contributed by atoms with Gasteiger partial charge < -0.3 is 19.9 Å². The topological polar surface area (TPSA) is 70.6 Å². The average molecular weight is 422 g/mol. The van der Waals surface area contributed by atoms with Gasteiger partial charge in [0, 0.05) is 19.0 Å². The highest BCUT2D eigenvalue weighted by Gasteiger charge is 2.20. The number of fused-ring (bicyclic) bond motifs is 1. The Morgan fingerprint density at radius 2 is 1.74 bits per heavy atom. The summed E-state index contributed by atoms with van der Waals surface area (Å²) in [5, 5.41) is 4.41. The number of anilines is 1. The number of ether oxygens (including phenoxy) is 1. The number of nitrogens with zero attached hydrogens (tertiary/aromatic N) is 4. The standard InChI is InChI=1S/C24H31N5O2/c1-18(31-19-11-6-5-7-12-19)24(30)29(4)17-22-26-21-14-9-8-13-20(21)23(27-22)25-15-10-16-28(2)3/h5-9,11-14,18H,10,15-17H2,1-4H3,(H,25,26,27). The van der Waals surface area contributed by atoms with E-state index in [0.717, 1.165) is 36.2 Å². The van der Waals surface area contributed by atoms with Gasteiger partial charge in [0.15, 0.2) is 11.9 Å². The number of hydrogen-bond acceptors (Lipinski definition) is 6. The van der Waals surface area contributed by atoms with Gasteiger partial charge in [0.1, 0.15) is 11.6 Å². The maximum absolute atomic E-state index is 12.8. The summed E-state index contributed by atoms with van der Waals surface area (Å²) < 4.78 is 5.77. The van der Waals surface area contributed by atoms with E-state index in [0.29, 0.717) is 18.1 Å². The van der Waals surface area contributed by atoms with Gasteiger partial charge in [-0.1, -0.05) is 30.3 Å². The summed E-state index contributed by atoms with van der Waals surface area (Å²) >= 11 is 0. The Balaban J connectivity index is 1.70. The fourth-order valence-corrected chi connectivity index (χ4v) is 3.29. The van der Waals surface area contributed by atoms with Gasteiger partial charge >= 0.3 is 0 Å². The van der Waals surface area contributed by atoms with Crippen LogP contribution in [0.25, 0.3) is 10.9 Å². The van der Waals surface area contributed by atoms with Crippen LogP contribution in [0.15, 0.2) is 54.6 Å². The Morgan fingerprint density at radius 3 is 2.48 bits per heavy atom. The molecule has 7 heteroatoms. The molecule has 1 heterocycles. The molecule has 7 nitrogen and oxygen atoms in total. The van der Waals surface area contributed by atoms with Crippen molar-refractivity contribution in [2.45, 2.75) is 26.0 Å². The van der Waals surface area contributed by atoms with Crippen molar-refractivity contribution in [3.8, 4) is 5.75 Å². The second kappa shape index (κ2) is 10.7. The first-order valence-corrected chi connectivity index (χ1v) is 10.5. The van der Waals surface area contributed by atoms with Gasteiger partial charge in [-0.2, -0.15) is 0 Å². The second-order valence-corrected chi connectivity index (χ2v) is 7.86. The molecule has 2 aromatic carbocycles. The Hall–Kier alpha value is -3.19. The highest BCUT2D eigenvalue weighted by molar-refractivity contribution is 5.89. The van der Waals surface area contributed by atoms with E-state index in [4.69, 9.17) is 9.72 Å². The Labute approximate surface area is 184 Å². The van der Waals surface area contributed by atoms with E-state index >= 15 is 0 Å². The lowest BCUT2D eigenvalue weighted by Gasteiger charge is -2.22. The van der Waals surface area contributed by atoms with E-state index in [1.807, 2.05) is 54.6 Å². The van der Waals surface area contributed by atoms with Crippen LogP contribution in [-0.4, -0.2) is 66.0 Å². The number of nitrogens with one attached hydrogen (secondary N) is 1. The molecule has 0 aliphatic rings. The van der Waals surface area contributed by atoms with Gasteiger partial charge in [0.2, 0.25) is 0 Å². The van der Waals surface area contributed by atoms with Crippen LogP contribution in [0.2, 0.25) is 0 Å². The van der Waals surface area contributed by atoms with Crippen molar-refractivity contribution in [3.63, 3.8) is 0 Å². The molecule has 0 saturated heterocycles. The minimum Gasteiger partial charge on any atom is -0.481 e. The van der Waals surface area contributed by atoms with E-state index in [1.54, 1.807) is 18.9 Å². The zero-order valence-electron chi connectivity index (χ0n) is 18.7. The predicted molar refractivity (Wildman–Crippen MR) is 124 cm³/mol. The first-order valence-electron chi connectivity index (χ1n) is 10.5. The second-order valence-electron chi connectivity index (χ2n) is 7.86. The molecule has 31 heavy (non-hydrogen) atoms. The molecular weight excluding hydrogens is 390 g/mol. The van der Waals surface area contributed by atoms with Crippen molar-refractivity contribution in [2.24, 2.45) is 0 Å². The number of hydrogen-bond donors (Lipinski definition) is 1. The fourth-order valence-electron chi connectivity index (χ4n) is 3.29. The number of rotatable bonds is 10. The molecule has 164 valence electrons. The number of para-hydroxylation sites is 2. The Morgan fingerprint density at radius 1 is 1.03 bits per heavy atom. The number of likely N-dealkylation sites (N-methyl/N-ethyl adjacent to an activating group) is 1. The SMILES string of the molecule is CC(Oc1ccccc1)C(=O)N(C)Cc1nc(NCCCN(C)C)c2ccccc2n1. The predicted octanol–water partition coefficient (Wildman–Crippen LogP) is 3.42. The van der Waals surface area contributed by atoms with Gasteiger partial charge in [-0.25, -0.2) is 9.97 Å². The lowest BCUT2D eigenvalue weighted by molar-refractivity contribution is -0.137. The van der Waals surface area contributed by atoms with Gasteiger partial charge in [0.05, 0.1) is 12.1 Å². The number of carbonyl (C=O) groups excluding carboxylic acids is 1. The number of amides is 1. The lowest BCUT2D eigenvalue weighted by atomic mass is 10.2. The number of carbonyl (C=O) groups is 1. The van der Waals surface area contributed by atoms with Gasteiger partial charge in [-0.15, -0.1) is 0 Å². The van der Waals surface area contributed by atoms with E-state index in [-0.39, 0.29) is 5.91 Å². The molecule has 3 rings (SSSR count). The molecule has 0 saturated carbocycles. The Bertz CT molecular complexity index is 994. The van der Waals surface area contributed by atoms with Gasteiger partial charge in [0.25, 0.3) is 5.91 Å². The van der Waals surface area contributed by atoms with Gasteiger partial charge in [-0.3, -0.25) is 4.79 Å². The first-order chi connectivity index (χ1) is 14.9. The van der Waals surface area contributed by atoms with Crippen LogP contribution in [0, 0.1) is 0 Å². The molecule has 0 aliphatic heterocycles. The first kappa shape index (κ1) is 22.5. The van der Waals surface area contributed by atoms with Crippen molar-refractivity contribution >= 4 is 22.6 Å². The van der Waals surface area contributed by atoms with Crippen molar-refractivity contribution in [1.82, 2.24) is 19.8 Å². The summed E-state index contributed by atoms with van der Waals surface area (Å²) in [6, 6.07) is 17.3. The van der Waals surface area contributed by atoms with E-state index in [9.17, 15) is 4.79 Å². The molecule has 1 amide bonds. The lowest BCUT2D eigenvalue weighted by Crippen LogP contribution is -2.37. The van der Waals surface area contributed by atoms with Gasteiger partial charge in [-0.05, 0) is 58.3 Å². The summed E-state index contributed by atoms with van der Waals surface area (Å²) in [7, 11) is 5.87. The number of benzene rings is 2. The van der Waals surface area contributed by atoms with E-state index in [1.165, 1.54) is 0 Å². The molecule has 3 aromatic rings. The molecule has 0 spiro atoms. The van der Waals surface area contributed by atoms with Crippen LogP contribution in [0.3, 0.4) is 0 Å². The third-order valence-corrected chi connectivity index (χ3v) is 4.88. The molecule has 0 bridgehead atoms. The van der Waals surface area contributed by atoms with Crippen LogP contribution in [0.4, 0.5) is 5.82 Å². The van der Waals surface area contributed by atoms with Crippen molar-refractivity contribution in [1.29, 1.82) is 0 Å². The zero-order chi connectivity index (χ0) is 22.2. The molecule has 1 atom stereocenters. The monoisotopic (exact) mass is 421 g/mol. The normalized spacial score (nSPS) is 12.0. The highest BCUT2D eigenvalue weighted by atomic mass is 16.5. The summed E-state index contributed by atoms with van der Waals surface area (Å²) in [6.07, 6.45) is 0.407. The largest absolute Gasteiger partial charge is 0.481 e. The smallest absolute Gasteiger partial charge is 0.263 e. The van der Waals surface area contributed by atoms with Crippen LogP contribution < -0.4 is 10.1 Å². The molecular formula is C24H31N5O2. The fraction of sp³-hybridized carbons (Fsp3) is 0.375. The molecule has 1 aromatic heterocycles. The summed E-state index contributed by atoms with van der Waals surface area (Å²) in [4.78, 5) is 25.9. The molecule has 0 aliphatic carbocycles. The minimum atomic E-state index is -0.600. The zero-order valence-corrected chi connectivity index (χ0v) is 18.7. The maximum atomic E-state index is 12.8. The summed E-state index contributed by atoms with van der Waals surface area (Å²) in [5.41, 5.74) is 0.858. The van der Waals surface area contributed by atoms with Crippen LogP contribution in [0.5, 0.6) is 5.75 Å². The molecule has 0 fully saturated rings. The average Bonchev–Trinajstić information content (AvgIpc) is 2.76. The van der Waals surface area contributed by atoms with E-state index < -0.39 is 6.10 Å². The third-order valence-electron chi connectivity index (χ3n) is 4.88. The van der Waals surface area contributed by atoms with Crippen LogP contribution in [-0.2, 0) is 11.3 Å². The quantitative estimate of drug-likeness (QED) is 0.506. The van der Waals surface area contributed by atoms with Crippen molar-refractivity contribution < 1.29 is 9.53 Å². The van der Waals surface area contributed by atoms with Crippen LogP contribution in [0.1, 0.15) is 19.2 Å². The number of aromatic nitrogens is 2. The summed E-state index contributed by atoms with van der Waals surface area (Å²) in [5.74, 6) is 1.94. The highest BCUT2D eigenvalue weighted by Crippen LogP contribution is 2.21. The van der Waals surface area contributed by atoms with Crippen LogP contribution >= 0.6 is 0 Å².